The van der Waals surface area contributed by atoms with Gasteiger partial charge in [-0.25, -0.2) is 8.42 Å². The van der Waals surface area contributed by atoms with Gasteiger partial charge < -0.3 is 9.84 Å². The smallest absolute Gasteiger partial charge is 0.249 e. The zero-order chi connectivity index (χ0) is 18.2. The third-order valence-electron chi connectivity index (χ3n) is 4.13. The minimum atomic E-state index is -3.84. The van der Waals surface area contributed by atoms with E-state index in [1.807, 2.05) is 6.07 Å². The summed E-state index contributed by atoms with van der Waals surface area (Å²) in [5, 5.41) is 6.50. The molecule has 1 aliphatic heterocycles. The highest BCUT2D eigenvalue weighted by Crippen LogP contribution is 2.30. The number of hydrogen-bond acceptors (Lipinski definition) is 5. The number of aromatic nitrogens is 1. The fourth-order valence-electron chi connectivity index (χ4n) is 3.04. The van der Waals surface area contributed by atoms with E-state index in [1.54, 1.807) is 32.0 Å². The molecule has 1 aliphatic rings. The lowest BCUT2D eigenvalue weighted by Gasteiger charge is -2.23. The summed E-state index contributed by atoms with van der Waals surface area (Å²) in [6.45, 7) is 3.43. The largest absolute Gasteiger partial charge is 0.360 e. The molecule has 7 nitrogen and oxygen atoms in total. The van der Waals surface area contributed by atoms with Crippen LogP contribution in [0.4, 0.5) is 5.69 Å². The number of nitrogens with one attached hydrogen (secondary N) is 1. The summed E-state index contributed by atoms with van der Waals surface area (Å²) in [5.41, 5.74) is 0.913. The maximum absolute atomic E-state index is 13.0. The van der Waals surface area contributed by atoms with E-state index >= 15 is 0 Å². The summed E-state index contributed by atoms with van der Waals surface area (Å²) >= 11 is 3.35. The fraction of sp³-hybridized carbons (Fsp3) is 0.375. The molecule has 134 valence electrons. The van der Waals surface area contributed by atoms with Gasteiger partial charge in [-0.3, -0.25) is 4.79 Å². The number of sulfonamides is 1. The van der Waals surface area contributed by atoms with Crippen LogP contribution in [0.25, 0.3) is 0 Å². The average molecular weight is 428 g/mol. The molecule has 2 aromatic rings. The van der Waals surface area contributed by atoms with E-state index in [-0.39, 0.29) is 16.6 Å². The molecular weight excluding hydrogens is 410 g/mol. The van der Waals surface area contributed by atoms with Gasteiger partial charge in [-0.2, -0.15) is 4.31 Å². The van der Waals surface area contributed by atoms with Crippen LogP contribution in [0.5, 0.6) is 0 Å². The normalized spacial score (nSPS) is 18.4. The standard InChI is InChI=1S/C16H18BrN3O4S/c1-10-15(11(2)24-19-10)25(22,23)20-8-4-7-14(20)16(21)18-13-6-3-5-12(17)9-13/h3,5-6,9,14H,4,7-8H2,1-2H3,(H,18,21). The van der Waals surface area contributed by atoms with Gasteiger partial charge in [-0.1, -0.05) is 27.2 Å². The summed E-state index contributed by atoms with van der Waals surface area (Å²) in [6.07, 6.45) is 1.10. The van der Waals surface area contributed by atoms with Gasteiger partial charge in [0.05, 0.1) is 0 Å². The molecule has 0 bridgehead atoms. The average Bonchev–Trinajstić information content (AvgIpc) is 3.15. The van der Waals surface area contributed by atoms with E-state index in [1.165, 1.54) is 4.31 Å². The van der Waals surface area contributed by atoms with Gasteiger partial charge in [0.2, 0.25) is 15.9 Å². The second-order valence-corrected chi connectivity index (χ2v) is 8.67. The maximum atomic E-state index is 13.0. The number of carbonyl (C=O) groups is 1. The first-order valence-electron chi connectivity index (χ1n) is 7.82. The molecule has 2 heterocycles. The van der Waals surface area contributed by atoms with Crippen molar-refractivity contribution in [2.45, 2.75) is 37.6 Å². The van der Waals surface area contributed by atoms with Gasteiger partial charge in [0.25, 0.3) is 0 Å². The van der Waals surface area contributed by atoms with Crippen molar-refractivity contribution in [1.82, 2.24) is 9.46 Å². The predicted molar refractivity (Wildman–Crippen MR) is 95.7 cm³/mol. The minimum absolute atomic E-state index is 0.0506. The molecule has 1 aromatic heterocycles. The van der Waals surface area contributed by atoms with Crippen LogP contribution < -0.4 is 5.32 Å². The van der Waals surface area contributed by atoms with Crippen LogP contribution in [0.2, 0.25) is 0 Å². The van der Waals surface area contributed by atoms with Crippen molar-refractivity contribution in [3.63, 3.8) is 0 Å². The lowest BCUT2D eigenvalue weighted by molar-refractivity contribution is -0.119. The Morgan fingerprint density at radius 3 is 2.80 bits per heavy atom. The number of hydrogen-bond donors (Lipinski definition) is 1. The minimum Gasteiger partial charge on any atom is -0.360 e. The Hall–Kier alpha value is -1.71. The number of benzene rings is 1. The first-order chi connectivity index (χ1) is 11.8. The zero-order valence-corrected chi connectivity index (χ0v) is 16.2. The number of aryl methyl sites for hydroxylation is 2. The van der Waals surface area contributed by atoms with Gasteiger partial charge in [0.15, 0.2) is 5.76 Å². The second-order valence-electron chi connectivity index (χ2n) is 5.93. The number of rotatable bonds is 4. The molecule has 0 radical (unpaired) electrons. The molecule has 0 spiro atoms. The molecule has 1 atom stereocenters. The van der Waals surface area contributed by atoms with Crippen LogP contribution in [0, 0.1) is 13.8 Å². The number of nitrogens with zero attached hydrogens (tertiary/aromatic N) is 2. The van der Waals surface area contributed by atoms with Gasteiger partial charge in [-0.05, 0) is 44.9 Å². The summed E-state index contributed by atoms with van der Waals surface area (Å²) in [5.74, 6) is -0.110. The Morgan fingerprint density at radius 1 is 1.40 bits per heavy atom. The molecule has 1 amide bonds. The third kappa shape index (κ3) is 3.49. The van der Waals surface area contributed by atoms with Crippen molar-refractivity contribution in [2.75, 3.05) is 11.9 Å². The van der Waals surface area contributed by atoms with Gasteiger partial charge in [-0.15, -0.1) is 0 Å². The highest BCUT2D eigenvalue weighted by molar-refractivity contribution is 9.10. The van der Waals surface area contributed by atoms with Gasteiger partial charge >= 0.3 is 0 Å². The summed E-state index contributed by atoms with van der Waals surface area (Å²) in [6, 6.07) is 6.41. The van der Waals surface area contributed by atoms with Crippen LogP contribution in [0.1, 0.15) is 24.3 Å². The third-order valence-corrected chi connectivity index (χ3v) is 6.78. The first kappa shape index (κ1) is 18.1. The highest BCUT2D eigenvalue weighted by Gasteiger charge is 2.41. The maximum Gasteiger partial charge on any atom is 0.249 e. The van der Waals surface area contributed by atoms with E-state index in [4.69, 9.17) is 4.52 Å². The van der Waals surface area contributed by atoms with E-state index in [9.17, 15) is 13.2 Å². The number of anilines is 1. The number of amides is 1. The lowest BCUT2D eigenvalue weighted by atomic mass is 10.2. The molecule has 1 unspecified atom stereocenters. The predicted octanol–water partition coefficient (Wildman–Crippen LogP) is 2.85. The van der Waals surface area contributed by atoms with E-state index in [0.29, 0.717) is 30.8 Å². The molecular formula is C16H18BrN3O4S. The van der Waals surface area contributed by atoms with E-state index in [2.05, 4.69) is 26.4 Å². The van der Waals surface area contributed by atoms with Crippen molar-refractivity contribution in [2.24, 2.45) is 0 Å². The van der Waals surface area contributed by atoms with Crippen molar-refractivity contribution in [1.29, 1.82) is 0 Å². The van der Waals surface area contributed by atoms with Crippen LogP contribution >= 0.6 is 15.9 Å². The zero-order valence-electron chi connectivity index (χ0n) is 13.8. The topological polar surface area (TPSA) is 92.5 Å². The molecule has 1 aromatic carbocycles. The van der Waals surface area contributed by atoms with E-state index in [0.717, 1.165) is 4.47 Å². The summed E-state index contributed by atoms with van der Waals surface area (Å²) < 4.78 is 33.1. The second kappa shape index (κ2) is 6.89. The Balaban J connectivity index is 1.86. The van der Waals surface area contributed by atoms with Crippen molar-refractivity contribution in [3.8, 4) is 0 Å². The molecule has 1 saturated heterocycles. The molecule has 0 aliphatic carbocycles. The molecule has 25 heavy (non-hydrogen) atoms. The Labute approximate surface area is 154 Å². The molecule has 3 rings (SSSR count). The van der Waals surface area contributed by atoms with Crippen molar-refractivity contribution in [3.05, 3.63) is 40.2 Å². The van der Waals surface area contributed by atoms with Crippen LogP contribution in [0.15, 0.2) is 38.2 Å². The molecule has 0 saturated carbocycles. The van der Waals surface area contributed by atoms with Gasteiger partial charge in [0, 0.05) is 16.7 Å². The number of carbonyl (C=O) groups excluding carboxylic acids is 1. The van der Waals surface area contributed by atoms with Gasteiger partial charge in [0.1, 0.15) is 16.6 Å². The van der Waals surface area contributed by atoms with Crippen molar-refractivity contribution >= 4 is 37.5 Å². The lowest BCUT2D eigenvalue weighted by Crippen LogP contribution is -2.43. The Kier molecular flexibility index (Phi) is 4.99. The van der Waals surface area contributed by atoms with E-state index < -0.39 is 16.1 Å². The quantitative estimate of drug-likeness (QED) is 0.809. The molecule has 1 fully saturated rings. The van der Waals surface area contributed by atoms with Crippen LogP contribution in [-0.2, 0) is 14.8 Å². The van der Waals surface area contributed by atoms with Crippen molar-refractivity contribution < 1.29 is 17.7 Å². The Morgan fingerprint density at radius 2 is 2.16 bits per heavy atom. The van der Waals surface area contributed by atoms with Crippen LogP contribution in [0.3, 0.4) is 0 Å². The number of halogens is 1. The monoisotopic (exact) mass is 427 g/mol. The highest BCUT2D eigenvalue weighted by atomic mass is 79.9. The molecule has 1 N–H and O–H groups in total. The SMILES string of the molecule is Cc1noc(C)c1S(=O)(=O)N1CCCC1C(=O)Nc1cccc(Br)c1. The first-order valence-corrected chi connectivity index (χ1v) is 10.0. The fourth-order valence-corrected chi connectivity index (χ4v) is 5.39. The summed E-state index contributed by atoms with van der Waals surface area (Å²) in [4.78, 5) is 12.7. The van der Waals surface area contributed by atoms with Crippen LogP contribution in [-0.4, -0.2) is 36.4 Å². The molecule has 9 heteroatoms. The Bertz CT molecular complexity index is 890. The summed E-state index contributed by atoms with van der Waals surface area (Å²) in [7, 11) is -3.84.